The Morgan fingerprint density at radius 3 is 2.58 bits per heavy atom. The van der Waals surface area contributed by atoms with Crippen molar-refractivity contribution in [2.45, 2.75) is 18.9 Å². The molecule has 0 saturated carbocycles. The highest BCUT2D eigenvalue weighted by atomic mass is 35.5. The summed E-state index contributed by atoms with van der Waals surface area (Å²) in [6, 6.07) is 7.56. The maximum atomic E-state index is 12.0. The van der Waals surface area contributed by atoms with Crippen LogP contribution in [0.1, 0.15) is 12.8 Å². The molecular weight excluding hydrogens is 264 g/mol. The van der Waals surface area contributed by atoms with Crippen molar-refractivity contribution in [2.24, 2.45) is 0 Å². The van der Waals surface area contributed by atoms with Crippen LogP contribution in [-0.2, 0) is 4.79 Å². The number of piperidine rings is 1. The number of ether oxygens (including phenoxy) is 1. The van der Waals surface area contributed by atoms with Crippen LogP contribution in [0.15, 0.2) is 24.3 Å². The Hall–Kier alpha value is -1.26. The van der Waals surface area contributed by atoms with E-state index >= 15 is 0 Å². The lowest BCUT2D eigenvalue weighted by molar-refractivity contribution is -0.134. The van der Waals surface area contributed by atoms with Crippen LogP contribution in [0.3, 0.4) is 0 Å². The highest BCUT2D eigenvalue weighted by Gasteiger charge is 2.21. The van der Waals surface area contributed by atoms with Crippen molar-refractivity contribution in [3.05, 3.63) is 29.3 Å². The molecule has 0 bridgehead atoms. The Balaban J connectivity index is 1.77. The van der Waals surface area contributed by atoms with Crippen molar-refractivity contribution >= 4 is 17.5 Å². The molecular formula is C14H19ClN2O2. The second-order valence-corrected chi connectivity index (χ2v) is 5.12. The van der Waals surface area contributed by atoms with Crippen molar-refractivity contribution in [3.8, 4) is 5.75 Å². The summed E-state index contributed by atoms with van der Waals surface area (Å²) in [5.74, 6) is 0.715. The van der Waals surface area contributed by atoms with E-state index in [-0.39, 0.29) is 12.5 Å². The summed E-state index contributed by atoms with van der Waals surface area (Å²) >= 11 is 5.79. The summed E-state index contributed by atoms with van der Waals surface area (Å²) in [6.45, 7) is 1.69. The van der Waals surface area contributed by atoms with Gasteiger partial charge in [-0.2, -0.15) is 0 Å². The average molecular weight is 283 g/mol. The Labute approximate surface area is 118 Å². The number of hydrogen-bond donors (Lipinski definition) is 1. The first-order valence-corrected chi connectivity index (χ1v) is 6.90. The van der Waals surface area contributed by atoms with Crippen LogP contribution >= 0.6 is 11.6 Å². The van der Waals surface area contributed by atoms with Crippen LogP contribution in [0.4, 0.5) is 0 Å². The minimum Gasteiger partial charge on any atom is -0.484 e. The van der Waals surface area contributed by atoms with E-state index in [1.165, 1.54) is 0 Å². The second-order valence-electron chi connectivity index (χ2n) is 4.69. The van der Waals surface area contributed by atoms with Gasteiger partial charge in [0.1, 0.15) is 5.75 Å². The van der Waals surface area contributed by atoms with Crippen molar-refractivity contribution in [1.82, 2.24) is 10.2 Å². The van der Waals surface area contributed by atoms with Crippen LogP contribution in [0, 0.1) is 0 Å². The molecule has 1 aromatic carbocycles. The number of carbonyl (C=O) groups excluding carboxylic acids is 1. The zero-order chi connectivity index (χ0) is 13.7. The van der Waals surface area contributed by atoms with E-state index in [2.05, 4.69) is 5.32 Å². The predicted octanol–water partition coefficient (Wildman–Crippen LogP) is 1.93. The average Bonchev–Trinajstić information content (AvgIpc) is 2.46. The van der Waals surface area contributed by atoms with E-state index in [9.17, 15) is 4.79 Å². The minimum absolute atomic E-state index is 0.0458. The molecule has 1 saturated heterocycles. The summed E-state index contributed by atoms with van der Waals surface area (Å²) in [5.41, 5.74) is 0. The van der Waals surface area contributed by atoms with Crippen molar-refractivity contribution in [2.75, 3.05) is 26.7 Å². The van der Waals surface area contributed by atoms with Gasteiger partial charge in [-0.05, 0) is 44.2 Å². The fourth-order valence-electron chi connectivity index (χ4n) is 2.18. The van der Waals surface area contributed by atoms with Gasteiger partial charge in [0, 0.05) is 24.2 Å². The fourth-order valence-corrected chi connectivity index (χ4v) is 2.31. The van der Waals surface area contributed by atoms with Crippen LogP contribution in [0.2, 0.25) is 5.02 Å². The largest absolute Gasteiger partial charge is 0.484 e. The Morgan fingerprint density at radius 2 is 2.00 bits per heavy atom. The van der Waals surface area contributed by atoms with Gasteiger partial charge >= 0.3 is 0 Å². The van der Waals surface area contributed by atoms with Gasteiger partial charge < -0.3 is 15.0 Å². The van der Waals surface area contributed by atoms with Crippen LogP contribution in [0.5, 0.6) is 5.75 Å². The third-order valence-corrected chi connectivity index (χ3v) is 3.68. The van der Waals surface area contributed by atoms with E-state index in [0.29, 0.717) is 16.8 Å². The zero-order valence-electron chi connectivity index (χ0n) is 11.1. The molecule has 1 fully saturated rings. The van der Waals surface area contributed by atoms with Gasteiger partial charge in [-0.3, -0.25) is 4.79 Å². The summed E-state index contributed by atoms with van der Waals surface area (Å²) in [7, 11) is 1.96. The second kappa shape index (κ2) is 6.78. The van der Waals surface area contributed by atoms with Crippen molar-refractivity contribution in [3.63, 3.8) is 0 Å². The molecule has 0 atom stereocenters. The van der Waals surface area contributed by atoms with Gasteiger partial charge in [0.25, 0.3) is 5.91 Å². The molecule has 2 rings (SSSR count). The number of benzene rings is 1. The summed E-state index contributed by atoms with van der Waals surface area (Å²) < 4.78 is 5.46. The molecule has 19 heavy (non-hydrogen) atoms. The number of amides is 1. The molecule has 1 aromatic rings. The number of likely N-dealkylation sites (tertiary alicyclic amines) is 1. The molecule has 1 N–H and O–H groups in total. The van der Waals surface area contributed by atoms with E-state index in [0.717, 1.165) is 25.9 Å². The number of nitrogens with zero attached hydrogens (tertiary/aromatic N) is 1. The van der Waals surface area contributed by atoms with E-state index in [1.807, 2.05) is 11.9 Å². The molecule has 0 aromatic heterocycles. The Kier molecular flexibility index (Phi) is 5.05. The Bertz CT molecular complexity index is 414. The minimum atomic E-state index is 0.0458. The Morgan fingerprint density at radius 1 is 1.37 bits per heavy atom. The van der Waals surface area contributed by atoms with Gasteiger partial charge in [-0.15, -0.1) is 0 Å². The van der Waals surface area contributed by atoms with Crippen LogP contribution < -0.4 is 10.1 Å². The van der Waals surface area contributed by atoms with Crippen molar-refractivity contribution < 1.29 is 9.53 Å². The third-order valence-electron chi connectivity index (χ3n) is 3.43. The van der Waals surface area contributed by atoms with Crippen LogP contribution in [0.25, 0.3) is 0 Å². The number of hydrogen-bond acceptors (Lipinski definition) is 3. The standard InChI is InChI=1S/C14H19ClN2O2/c1-16-12-6-8-17(9-7-12)14(18)10-19-13-4-2-11(15)3-5-13/h2-5,12,16H,6-10H2,1H3. The third kappa shape index (κ3) is 4.11. The molecule has 1 heterocycles. The maximum Gasteiger partial charge on any atom is 0.260 e. The number of rotatable bonds is 4. The molecule has 0 aliphatic carbocycles. The predicted molar refractivity (Wildman–Crippen MR) is 75.6 cm³/mol. The van der Waals surface area contributed by atoms with Gasteiger partial charge in [0.15, 0.2) is 6.61 Å². The molecule has 1 aliphatic rings. The number of halogens is 1. The quantitative estimate of drug-likeness (QED) is 0.917. The molecule has 5 heteroatoms. The fraction of sp³-hybridized carbons (Fsp3) is 0.500. The summed E-state index contributed by atoms with van der Waals surface area (Å²) in [5, 5.41) is 3.90. The number of carbonyl (C=O) groups is 1. The lowest BCUT2D eigenvalue weighted by atomic mass is 10.1. The van der Waals surface area contributed by atoms with E-state index < -0.39 is 0 Å². The highest BCUT2D eigenvalue weighted by molar-refractivity contribution is 6.30. The first-order chi connectivity index (χ1) is 9.19. The van der Waals surface area contributed by atoms with Crippen molar-refractivity contribution in [1.29, 1.82) is 0 Å². The first-order valence-electron chi connectivity index (χ1n) is 6.52. The first kappa shape index (κ1) is 14.2. The smallest absolute Gasteiger partial charge is 0.260 e. The molecule has 1 amide bonds. The molecule has 0 radical (unpaired) electrons. The summed E-state index contributed by atoms with van der Waals surface area (Å²) in [6.07, 6.45) is 2.01. The lowest BCUT2D eigenvalue weighted by Gasteiger charge is -2.31. The maximum absolute atomic E-state index is 12.0. The molecule has 0 unspecified atom stereocenters. The molecule has 104 valence electrons. The highest BCUT2D eigenvalue weighted by Crippen LogP contribution is 2.16. The van der Waals surface area contributed by atoms with Gasteiger partial charge in [-0.25, -0.2) is 0 Å². The van der Waals surface area contributed by atoms with Gasteiger partial charge in [0.05, 0.1) is 0 Å². The topological polar surface area (TPSA) is 41.6 Å². The molecule has 1 aliphatic heterocycles. The molecule has 4 nitrogen and oxygen atoms in total. The lowest BCUT2D eigenvalue weighted by Crippen LogP contribution is -2.45. The van der Waals surface area contributed by atoms with Crippen LogP contribution in [-0.4, -0.2) is 43.6 Å². The van der Waals surface area contributed by atoms with Gasteiger partial charge in [-0.1, -0.05) is 11.6 Å². The summed E-state index contributed by atoms with van der Waals surface area (Å²) in [4.78, 5) is 13.9. The molecule has 0 spiro atoms. The number of nitrogens with one attached hydrogen (secondary N) is 1. The normalized spacial score (nSPS) is 16.4. The van der Waals surface area contributed by atoms with Gasteiger partial charge in [0.2, 0.25) is 0 Å². The SMILES string of the molecule is CNC1CCN(C(=O)COc2ccc(Cl)cc2)CC1. The van der Waals surface area contributed by atoms with E-state index in [4.69, 9.17) is 16.3 Å². The van der Waals surface area contributed by atoms with E-state index in [1.54, 1.807) is 24.3 Å². The zero-order valence-corrected chi connectivity index (χ0v) is 11.8. The monoisotopic (exact) mass is 282 g/mol.